The Hall–Kier alpha value is -2.76. The maximum absolute atomic E-state index is 13.0. The Labute approximate surface area is 159 Å². The molecule has 3 rings (SSSR count). The van der Waals surface area contributed by atoms with Crippen LogP contribution in [0.5, 0.6) is 0 Å². The van der Waals surface area contributed by atoms with Gasteiger partial charge < -0.3 is 0 Å². The van der Waals surface area contributed by atoms with Gasteiger partial charge in [-0.15, -0.1) is 0 Å². The van der Waals surface area contributed by atoms with Crippen LogP contribution in [0, 0.1) is 6.92 Å². The Balaban J connectivity index is 2.02. The molecule has 4 nitrogen and oxygen atoms in total. The molecule has 0 heterocycles. The minimum atomic E-state index is -3.82. The molecule has 0 aromatic heterocycles. The van der Waals surface area contributed by atoms with Crippen LogP contribution >= 0.6 is 0 Å². The van der Waals surface area contributed by atoms with Gasteiger partial charge in [-0.1, -0.05) is 72.3 Å². The first-order valence-electron chi connectivity index (χ1n) is 8.62. The fraction of sp³-hybridized carbons (Fsp3) is 0.136. The summed E-state index contributed by atoms with van der Waals surface area (Å²) in [5, 5.41) is 0. The third-order valence-corrected chi connectivity index (χ3v) is 5.79. The molecule has 138 valence electrons. The fourth-order valence-corrected chi connectivity index (χ4v) is 4.10. The molecule has 1 atom stereocenters. The van der Waals surface area contributed by atoms with Gasteiger partial charge in [0.25, 0.3) is 0 Å². The van der Waals surface area contributed by atoms with E-state index in [1.165, 1.54) is 19.1 Å². The van der Waals surface area contributed by atoms with Crippen molar-refractivity contribution in [1.29, 1.82) is 0 Å². The van der Waals surface area contributed by atoms with E-state index in [0.717, 1.165) is 16.7 Å². The monoisotopic (exact) mass is 379 g/mol. The summed E-state index contributed by atoms with van der Waals surface area (Å²) in [6, 6.07) is 22.7. The molecule has 3 aromatic rings. The number of aryl methyl sites for hydroxylation is 1. The van der Waals surface area contributed by atoms with E-state index in [0.29, 0.717) is 5.56 Å². The summed E-state index contributed by atoms with van der Waals surface area (Å²) in [6.45, 7) is 3.40. The number of hydrogen-bond donors (Lipinski definition) is 1. The molecule has 0 spiro atoms. The van der Waals surface area contributed by atoms with Crippen LogP contribution in [0.1, 0.15) is 40.0 Å². The van der Waals surface area contributed by atoms with Crippen molar-refractivity contribution in [1.82, 2.24) is 4.72 Å². The zero-order valence-electron chi connectivity index (χ0n) is 15.2. The van der Waals surface area contributed by atoms with Gasteiger partial charge in [0.1, 0.15) is 0 Å². The minimum absolute atomic E-state index is 0.0724. The van der Waals surface area contributed by atoms with Gasteiger partial charge in [0.15, 0.2) is 5.78 Å². The van der Waals surface area contributed by atoms with Gasteiger partial charge in [0, 0.05) is 5.56 Å². The van der Waals surface area contributed by atoms with E-state index in [1.807, 2.05) is 61.5 Å². The van der Waals surface area contributed by atoms with Crippen molar-refractivity contribution in [3.63, 3.8) is 0 Å². The second-order valence-corrected chi connectivity index (χ2v) is 8.17. The number of carbonyl (C=O) groups is 1. The molecule has 0 unspecified atom stereocenters. The molecule has 1 N–H and O–H groups in total. The third-order valence-electron chi connectivity index (χ3n) is 4.37. The molecule has 0 saturated heterocycles. The van der Waals surface area contributed by atoms with Crippen LogP contribution in [-0.4, -0.2) is 14.2 Å². The first-order valence-corrected chi connectivity index (χ1v) is 10.1. The van der Waals surface area contributed by atoms with E-state index in [2.05, 4.69) is 4.72 Å². The van der Waals surface area contributed by atoms with Crippen molar-refractivity contribution in [2.24, 2.45) is 0 Å². The van der Waals surface area contributed by atoms with Gasteiger partial charge in [-0.05, 0) is 37.1 Å². The first-order chi connectivity index (χ1) is 12.9. The van der Waals surface area contributed by atoms with Gasteiger partial charge in [-0.3, -0.25) is 4.79 Å². The molecule has 0 saturated carbocycles. The number of nitrogens with one attached hydrogen (secondary N) is 1. The maximum atomic E-state index is 13.0. The second-order valence-electron chi connectivity index (χ2n) is 6.46. The summed E-state index contributed by atoms with van der Waals surface area (Å²) in [5.41, 5.74) is 3.15. The number of carbonyl (C=O) groups excluding carboxylic acids is 1. The topological polar surface area (TPSA) is 63.2 Å². The van der Waals surface area contributed by atoms with Crippen molar-refractivity contribution < 1.29 is 13.2 Å². The summed E-state index contributed by atoms with van der Waals surface area (Å²) in [7, 11) is -3.82. The highest BCUT2D eigenvalue weighted by atomic mass is 32.2. The Morgan fingerprint density at radius 1 is 0.852 bits per heavy atom. The summed E-state index contributed by atoms with van der Waals surface area (Å²) in [6.07, 6.45) is 0. The third kappa shape index (κ3) is 4.51. The lowest BCUT2D eigenvalue weighted by molar-refractivity contribution is 0.101. The number of hydrogen-bond acceptors (Lipinski definition) is 3. The van der Waals surface area contributed by atoms with Crippen LogP contribution in [0.3, 0.4) is 0 Å². The molecule has 0 radical (unpaired) electrons. The summed E-state index contributed by atoms with van der Waals surface area (Å²) in [4.78, 5) is 11.7. The van der Waals surface area contributed by atoms with Gasteiger partial charge in [-0.25, -0.2) is 8.42 Å². The predicted octanol–water partition coefficient (Wildman–Crippen LogP) is 4.27. The lowest BCUT2D eigenvalue weighted by Crippen LogP contribution is -2.29. The van der Waals surface area contributed by atoms with E-state index in [9.17, 15) is 13.2 Å². The maximum Gasteiger partial charge on any atom is 0.241 e. The van der Waals surface area contributed by atoms with Crippen molar-refractivity contribution >= 4 is 15.8 Å². The highest BCUT2D eigenvalue weighted by molar-refractivity contribution is 7.89. The molecule has 3 aromatic carbocycles. The summed E-state index contributed by atoms with van der Waals surface area (Å²) in [5.74, 6) is -0.176. The molecule has 0 bridgehead atoms. The normalized spacial score (nSPS) is 12.5. The predicted molar refractivity (Wildman–Crippen MR) is 106 cm³/mol. The Bertz CT molecular complexity index is 1040. The number of rotatable bonds is 6. The number of benzene rings is 3. The molecule has 5 heteroatoms. The van der Waals surface area contributed by atoms with Gasteiger partial charge in [0.2, 0.25) is 10.0 Å². The summed E-state index contributed by atoms with van der Waals surface area (Å²) >= 11 is 0. The Morgan fingerprint density at radius 3 is 2.11 bits per heavy atom. The first kappa shape index (κ1) is 19.0. The molecule has 27 heavy (non-hydrogen) atoms. The quantitative estimate of drug-likeness (QED) is 0.651. The van der Waals surface area contributed by atoms with E-state index < -0.39 is 16.1 Å². The Morgan fingerprint density at radius 2 is 1.48 bits per heavy atom. The van der Waals surface area contributed by atoms with E-state index in [1.54, 1.807) is 12.1 Å². The average molecular weight is 379 g/mol. The highest BCUT2D eigenvalue weighted by Gasteiger charge is 2.23. The molecular weight excluding hydrogens is 358 g/mol. The van der Waals surface area contributed by atoms with Crippen LogP contribution < -0.4 is 4.72 Å². The lowest BCUT2D eigenvalue weighted by Gasteiger charge is -2.20. The zero-order valence-corrected chi connectivity index (χ0v) is 16.0. The molecule has 0 amide bonds. The molecular formula is C22H21NO3S. The standard InChI is InChI=1S/C22H21NO3S/c1-16-11-13-19(14-12-16)22(18-7-4-3-5-8-18)23-27(25,26)21-10-6-9-20(15-21)17(2)24/h3-15,22-23H,1-2H3/t22-/m1/s1. The van der Waals surface area contributed by atoms with Gasteiger partial charge in [0.05, 0.1) is 10.9 Å². The smallest absolute Gasteiger partial charge is 0.241 e. The molecule has 0 aliphatic rings. The molecule has 0 fully saturated rings. The highest BCUT2D eigenvalue weighted by Crippen LogP contribution is 2.25. The van der Waals surface area contributed by atoms with Crippen molar-refractivity contribution in [2.45, 2.75) is 24.8 Å². The number of sulfonamides is 1. The van der Waals surface area contributed by atoms with Crippen LogP contribution in [-0.2, 0) is 10.0 Å². The summed E-state index contributed by atoms with van der Waals surface area (Å²) < 4.78 is 28.8. The molecule has 0 aliphatic carbocycles. The van der Waals surface area contributed by atoms with Crippen LogP contribution in [0.2, 0.25) is 0 Å². The van der Waals surface area contributed by atoms with Crippen LogP contribution in [0.15, 0.2) is 83.8 Å². The number of ketones is 1. The SMILES string of the molecule is CC(=O)c1cccc(S(=O)(=O)N[C@H](c2ccccc2)c2ccc(C)cc2)c1. The van der Waals surface area contributed by atoms with Crippen LogP contribution in [0.4, 0.5) is 0 Å². The van der Waals surface area contributed by atoms with Gasteiger partial charge in [-0.2, -0.15) is 4.72 Å². The van der Waals surface area contributed by atoms with Gasteiger partial charge >= 0.3 is 0 Å². The molecule has 0 aliphatic heterocycles. The van der Waals surface area contributed by atoms with E-state index in [-0.39, 0.29) is 10.7 Å². The second kappa shape index (κ2) is 7.86. The lowest BCUT2D eigenvalue weighted by atomic mass is 9.99. The zero-order chi connectivity index (χ0) is 19.4. The van der Waals surface area contributed by atoms with E-state index in [4.69, 9.17) is 0 Å². The van der Waals surface area contributed by atoms with Crippen molar-refractivity contribution in [2.75, 3.05) is 0 Å². The van der Waals surface area contributed by atoms with Crippen molar-refractivity contribution in [3.05, 3.63) is 101 Å². The van der Waals surface area contributed by atoms with Crippen molar-refractivity contribution in [3.8, 4) is 0 Å². The Kier molecular flexibility index (Phi) is 5.54. The number of Topliss-reactive ketones (excluding diaryl/α,β-unsaturated/α-hetero) is 1. The van der Waals surface area contributed by atoms with E-state index >= 15 is 0 Å². The largest absolute Gasteiger partial charge is 0.295 e. The minimum Gasteiger partial charge on any atom is -0.295 e. The van der Waals surface area contributed by atoms with Crippen LogP contribution in [0.25, 0.3) is 0 Å². The average Bonchev–Trinajstić information content (AvgIpc) is 2.68. The fourth-order valence-electron chi connectivity index (χ4n) is 2.84.